The van der Waals surface area contributed by atoms with Gasteiger partial charge in [0.1, 0.15) is 12.4 Å². The molecule has 0 bridgehead atoms. The standard InChI is InChI=1S/C12H13F3O2/c1-8-6-9(13)2-3-10(8)11(16)4-5-17-7-12(14)15/h2-3,6,12H,4-5,7H2,1H3. The Bertz CT molecular complexity index is 391. The molecule has 1 aromatic rings. The molecule has 0 aliphatic heterocycles. The van der Waals surface area contributed by atoms with Crippen LogP contribution in [-0.2, 0) is 4.74 Å². The minimum absolute atomic E-state index is 0.0131. The summed E-state index contributed by atoms with van der Waals surface area (Å²) >= 11 is 0. The van der Waals surface area contributed by atoms with Crippen LogP contribution in [0.3, 0.4) is 0 Å². The molecule has 0 aromatic heterocycles. The molecule has 0 unspecified atom stereocenters. The Hall–Kier alpha value is -1.36. The van der Waals surface area contributed by atoms with E-state index in [9.17, 15) is 18.0 Å². The van der Waals surface area contributed by atoms with Crippen molar-refractivity contribution in [3.63, 3.8) is 0 Å². The smallest absolute Gasteiger partial charge is 0.261 e. The second-order valence-electron chi connectivity index (χ2n) is 3.60. The van der Waals surface area contributed by atoms with Crippen molar-refractivity contribution in [3.8, 4) is 0 Å². The van der Waals surface area contributed by atoms with Crippen LogP contribution < -0.4 is 0 Å². The highest BCUT2D eigenvalue weighted by Gasteiger charge is 2.10. The molecule has 94 valence electrons. The normalized spacial score (nSPS) is 10.9. The molecule has 0 atom stereocenters. The van der Waals surface area contributed by atoms with Crippen LogP contribution in [0.5, 0.6) is 0 Å². The van der Waals surface area contributed by atoms with E-state index in [-0.39, 0.29) is 18.8 Å². The molecule has 1 aromatic carbocycles. The Morgan fingerprint density at radius 1 is 1.41 bits per heavy atom. The number of alkyl halides is 2. The maximum Gasteiger partial charge on any atom is 0.261 e. The molecule has 0 spiro atoms. The first-order chi connectivity index (χ1) is 8.00. The quantitative estimate of drug-likeness (QED) is 0.569. The van der Waals surface area contributed by atoms with E-state index in [4.69, 9.17) is 0 Å². The van der Waals surface area contributed by atoms with E-state index in [0.29, 0.717) is 11.1 Å². The fourth-order valence-corrected chi connectivity index (χ4v) is 1.41. The Balaban J connectivity index is 2.47. The second-order valence-corrected chi connectivity index (χ2v) is 3.60. The number of ether oxygens (including phenoxy) is 1. The Labute approximate surface area is 97.4 Å². The molecule has 1 rings (SSSR count). The minimum Gasteiger partial charge on any atom is -0.375 e. The zero-order valence-corrected chi connectivity index (χ0v) is 9.38. The largest absolute Gasteiger partial charge is 0.375 e. The topological polar surface area (TPSA) is 26.3 Å². The lowest BCUT2D eigenvalue weighted by molar-refractivity contribution is 0.0169. The molecule has 0 heterocycles. The molecule has 0 saturated carbocycles. The van der Waals surface area contributed by atoms with Crippen LogP contribution in [-0.4, -0.2) is 25.4 Å². The van der Waals surface area contributed by atoms with Gasteiger partial charge in [0.15, 0.2) is 5.78 Å². The number of rotatable bonds is 6. The number of aryl methyl sites for hydroxylation is 1. The zero-order chi connectivity index (χ0) is 12.8. The lowest BCUT2D eigenvalue weighted by atomic mass is 10.0. The molecule has 0 saturated heterocycles. The van der Waals surface area contributed by atoms with Crippen molar-refractivity contribution in [3.05, 3.63) is 35.1 Å². The minimum atomic E-state index is -2.53. The summed E-state index contributed by atoms with van der Waals surface area (Å²) in [5.41, 5.74) is 0.927. The molecule has 0 aliphatic rings. The molecule has 0 N–H and O–H groups in total. The summed E-state index contributed by atoms with van der Waals surface area (Å²) in [7, 11) is 0. The summed E-state index contributed by atoms with van der Waals surface area (Å²) in [5.74, 6) is -0.648. The van der Waals surface area contributed by atoms with Gasteiger partial charge in [0.25, 0.3) is 6.43 Å². The molecule has 0 radical (unpaired) electrons. The zero-order valence-electron chi connectivity index (χ0n) is 9.38. The van der Waals surface area contributed by atoms with Gasteiger partial charge in [-0.05, 0) is 30.7 Å². The van der Waals surface area contributed by atoms with Gasteiger partial charge in [0.05, 0.1) is 6.61 Å². The first-order valence-electron chi connectivity index (χ1n) is 5.16. The summed E-state index contributed by atoms with van der Waals surface area (Å²) in [5, 5.41) is 0. The number of carbonyl (C=O) groups is 1. The van der Waals surface area contributed by atoms with Crippen LogP contribution in [0.25, 0.3) is 0 Å². The third-order valence-corrected chi connectivity index (χ3v) is 2.21. The molecule has 5 heteroatoms. The van der Waals surface area contributed by atoms with Gasteiger partial charge in [-0.15, -0.1) is 0 Å². The summed E-state index contributed by atoms with van der Waals surface area (Å²) < 4.78 is 40.9. The molecular formula is C12H13F3O2. The van der Waals surface area contributed by atoms with E-state index in [1.54, 1.807) is 6.92 Å². The van der Waals surface area contributed by atoms with Gasteiger partial charge in [0.2, 0.25) is 0 Å². The summed E-state index contributed by atoms with van der Waals surface area (Å²) in [6.45, 7) is 0.895. The molecule has 0 amide bonds. The number of hydrogen-bond acceptors (Lipinski definition) is 2. The highest BCUT2D eigenvalue weighted by atomic mass is 19.3. The average molecular weight is 246 g/mol. The fourth-order valence-electron chi connectivity index (χ4n) is 1.41. The van der Waals surface area contributed by atoms with E-state index >= 15 is 0 Å². The molecule has 2 nitrogen and oxygen atoms in total. The third kappa shape index (κ3) is 4.56. The van der Waals surface area contributed by atoms with Crippen LogP contribution in [0.1, 0.15) is 22.3 Å². The molecule has 17 heavy (non-hydrogen) atoms. The Kier molecular flexibility index (Phi) is 5.15. The van der Waals surface area contributed by atoms with E-state index in [1.165, 1.54) is 18.2 Å². The van der Waals surface area contributed by atoms with Crippen LogP contribution in [0.4, 0.5) is 13.2 Å². The first-order valence-corrected chi connectivity index (χ1v) is 5.16. The van der Waals surface area contributed by atoms with E-state index in [2.05, 4.69) is 4.74 Å². The van der Waals surface area contributed by atoms with Crippen molar-refractivity contribution in [2.24, 2.45) is 0 Å². The molecular weight excluding hydrogens is 233 g/mol. The van der Waals surface area contributed by atoms with Crippen molar-refractivity contribution in [1.29, 1.82) is 0 Å². The van der Waals surface area contributed by atoms with E-state index in [1.807, 2.05) is 0 Å². The maximum atomic E-state index is 12.8. The van der Waals surface area contributed by atoms with Crippen LogP contribution >= 0.6 is 0 Å². The van der Waals surface area contributed by atoms with Gasteiger partial charge in [-0.3, -0.25) is 4.79 Å². The van der Waals surface area contributed by atoms with Gasteiger partial charge in [-0.2, -0.15) is 0 Å². The fraction of sp³-hybridized carbons (Fsp3) is 0.417. The van der Waals surface area contributed by atoms with Crippen LogP contribution in [0.15, 0.2) is 18.2 Å². The number of hydrogen-bond donors (Lipinski definition) is 0. The average Bonchev–Trinajstić information content (AvgIpc) is 2.23. The van der Waals surface area contributed by atoms with Crippen molar-refractivity contribution in [2.45, 2.75) is 19.8 Å². The Morgan fingerprint density at radius 3 is 2.71 bits per heavy atom. The lowest BCUT2D eigenvalue weighted by Gasteiger charge is -2.05. The van der Waals surface area contributed by atoms with Crippen LogP contribution in [0, 0.1) is 12.7 Å². The van der Waals surface area contributed by atoms with E-state index < -0.39 is 18.8 Å². The summed E-state index contributed by atoms with van der Waals surface area (Å²) in [6, 6.07) is 3.84. The highest BCUT2D eigenvalue weighted by molar-refractivity contribution is 5.97. The van der Waals surface area contributed by atoms with Crippen molar-refractivity contribution in [2.75, 3.05) is 13.2 Å². The second kappa shape index (κ2) is 6.39. The van der Waals surface area contributed by atoms with Crippen molar-refractivity contribution in [1.82, 2.24) is 0 Å². The highest BCUT2D eigenvalue weighted by Crippen LogP contribution is 2.12. The Morgan fingerprint density at radius 2 is 2.12 bits per heavy atom. The third-order valence-electron chi connectivity index (χ3n) is 2.21. The van der Waals surface area contributed by atoms with Gasteiger partial charge >= 0.3 is 0 Å². The SMILES string of the molecule is Cc1cc(F)ccc1C(=O)CCOCC(F)F. The van der Waals surface area contributed by atoms with Gasteiger partial charge in [0, 0.05) is 12.0 Å². The van der Waals surface area contributed by atoms with Gasteiger partial charge in [-0.25, -0.2) is 13.2 Å². The summed E-state index contributed by atoms with van der Waals surface area (Å²) in [4.78, 5) is 11.6. The van der Waals surface area contributed by atoms with Gasteiger partial charge in [-0.1, -0.05) is 0 Å². The summed E-state index contributed by atoms with van der Waals surface area (Å²) in [6.07, 6.45) is -2.52. The number of Topliss-reactive ketones (excluding diaryl/α,β-unsaturated/α-hetero) is 1. The predicted octanol–water partition coefficient (Wildman–Crippen LogP) is 2.99. The monoisotopic (exact) mass is 246 g/mol. The molecule has 0 aliphatic carbocycles. The lowest BCUT2D eigenvalue weighted by Crippen LogP contribution is -2.10. The van der Waals surface area contributed by atoms with Crippen LogP contribution in [0.2, 0.25) is 0 Å². The van der Waals surface area contributed by atoms with Crippen molar-refractivity contribution < 1.29 is 22.7 Å². The van der Waals surface area contributed by atoms with E-state index in [0.717, 1.165) is 0 Å². The number of benzene rings is 1. The number of ketones is 1. The number of carbonyl (C=O) groups excluding carboxylic acids is 1. The van der Waals surface area contributed by atoms with Gasteiger partial charge < -0.3 is 4.74 Å². The van der Waals surface area contributed by atoms with Crippen molar-refractivity contribution >= 4 is 5.78 Å². The maximum absolute atomic E-state index is 12.8. The first kappa shape index (κ1) is 13.7. The predicted molar refractivity (Wildman–Crippen MR) is 56.9 cm³/mol. The molecule has 0 fully saturated rings. The number of halogens is 3.